The van der Waals surface area contributed by atoms with Crippen LogP contribution in [0.2, 0.25) is 0 Å². The summed E-state index contributed by atoms with van der Waals surface area (Å²) in [6.07, 6.45) is 3.38. The highest BCUT2D eigenvalue weighted by molar-refractivity contribution is 7.60. The van der Waals surface area contributed by atoms with Crippen molar-refractivity contribution in [3.05, 3.63) is 42.4 Å². The third kappa shape index (κ3) is 4.59. The molecule has 0 atom stereocenters. The van der Waals surface area contributed by atoms with E-state index in [-0.39, 0.29) is 0 Å². The number of aromatic nitrogens is 3. The van der Waals surface area contributed by atoms with Crippen LogP contribution in [0.5, 0.6) is 0 Å². The molecule has 0 fully saturated rings. The molecule has 8 nitrogen and oxygen atoms in total. The second-order valence-electron chi connectivity index (χ2n) is 3.10. The predicted octanol–water partition coefficient (Wildman–Crippen LogP) is 0.132. The van der Waals surface area contributed by atoms with Gasteiger partial charge in [0.25, 0.3) is 6.08 Å². The lowest BCUT2D eigenvalue weighted by molar-refractivity contribution is 0.0697. The minimum Gasteiger partial charge on any atom is -0.478 e. The van der Waals surface area contributed by atoms with Gasteiger partial charge in [-0.25, -0.2) is 14.8 Å². The van der Waals surface area contributed by atoms with Crippen LogP contribution in [0.4, 0.5) is 4.39 Å². The third-order valence-electron chi connectivity index (χ3n) is 1.76. The first-order valence-electron chi connectivity index (χ1n) is 4.71. The molecule has 0 unspecified atom stereocenters. The maximum atomic E-state index is 11.5. The molecular weight excluding hydrogens is 280 g/mol. The summed E-state index contributed by atoms with van der Waals surface area (Å²) in [5, 5.41) is 8.55. The van der Waals surface area contributed by atoms with E-state index in [2.05, 4.69) is 15.0 Å². The fraction of sp³-hybridized carbons (Fsp3) is 0. The van der Waals surface area contributed by atoms with Crippen LogP contribution in [0.1, 0.15) is 10.4 Å². The number of nitrogens with one attached hydrogen (secondary N) is 1. The molecule has 0 radical (unpaired) electrons. The number of imidazole rings is 1. The van der Waals surface area contributed by atoms with Crippen LogP contribution >= 0.6 is 7.60 Å². The Bertz CT molecular complexity index is 598. The zero-order valence-corrected chi connectivity index (χ0v) is 10.2. The molecule has 19 heavy (non-hydrogen) atoms. The Balaban J connectivity index is 0.000000250. The van der Waals surface area contributed by atoms with E-state index >= 15 is 0 Å². The molecule has 0 bridgehead atoms. The highest BCUT2D eigenvalue weighted by atomic mass is 31.2. The second kappa shape index (κ2) is 6.19. The minimum atomic E-state index is -4.60. The molecule has 0 spiro atoms. The van der Waals surface area contributed by atoms with Crippen LogP contribution < -0.4 is 5.44 Å². The molecule has 0 aliphatic heterocycles. The number of H-pyrrole nitrogens is 1. The summed E-state index contributed by atoms with van der Waals surface area (Å²) in [5.74, 6) is -1.41. The van der Waals surface area contributed by atoms with E-state index in [1.807, 2.05) is 0 Å². The van der Waals surface area contributed by atoms with Gasteiger partial charge in [0.15, 0.2) is 5.44 Å². The van der Waals surface area contributed by atoms with Gasteiger partial charge in [0.1, 0.15) is 0 Å². The molecule has 4 N–H and O–H groups in total. The van der Waals surface area contributed by atoms with Crippen molar-refractivity contribution in [2.45, 2.75) is 0 Å². The second-order valence-corrected chi connectivity index (χ2v) is 4.62. The van der Waals surface area contributed by atoms with E-state index < -0.39 is 30.6 Å². The Morgan fingerprint density at radius 2 is 2.00 bits per heavy atom. The summed E-state index contributed by atoms with van der Waals surface area (Å²) in [4.78, 5) is 36.6. The first kappa shape index (κ1) is 15.0. The zero-order chi connectivity index (χ0) is 14.5. The van der Waals surface area contributed by atoms with Gasteiger partial charge in [-0.15, -0.1) is 0 Å². The largest absolute Gasteiger partial charge is 0.478 e. The lowest BCUT2D eigenvalue weighted by Gasteiger charge is -2.04. The number of aromatic carboxylic acids is 1. The van der Waals surface area contributed by atoms with Crippen molar-refractivity contribution in [2.24, 2.45) is 0 Å². The van der Waals surface area contributed by atoms with Crippen LogP contribution in [0.15, 0.2) is 30.7 Å². The van der Waals surface area contributed by atoms with Crippen molar-refractivity contribution in [1.82, 2.24) is 15.0 Å². The molecule has 0 amide bonds. The summed E-state index contributed by atoms with van der Waals surface area (Å²) in [6, 6.07) is 2.38. The molecule has 0 aliphatic rings. The molecule has 0 saturated carbocycles. The molecule has 2 aromatic rings. The van der Waals surface area contributed by atoms with Gasteiger partial charge in [0.2, 0.25) is 0 Å². The lowest BCUT2D eigenvalue weighted by atomic mass is 10.3. The fourth-order valence-electron chi connectivity index (χ4n) is 1.04. The number of hydrogen-bond donors (Lipinski definition) is 4. The Kier molecular flexibility index (Phi) is 4.87. The molecule has 10 heteroatoms. The highest BCUT2D eigenvalue weighted by Gasteiger charge is 2.25. The van der Waals surface area contributed by atoms with Crippen molar-refractivity contribution in [2.75, 3.05) is 0 Å². The summed E-state index contributed by atoms with van der Waals surface area (Å²) >= 11 is 0. The van der Waals surface area contributed by atoms with Gasteiger partial charge in [-0.2, -0.15) is 4.39 Å². The van der Waals surface area contributed by atoms with E-state index in [4.69, 9.17) is 14.9 Å². The number of halogens is 1. The number of carbonyl (C=O) groups is 1. The minimum absolute atomic E-state index is 0.476. The molecule has 0 saturated heterocycles. The van der Waals surface area contributed by atoms with Gasteiger partial charge in [-0.1, -0.05) is 0 Å². The highest BCUT2D eigenvalue weighted by Crippen LogP contribution is 2.33. The van der Waals surface area contributed by atoms with Crippen molar-refractivity contribution < 1.29 is 28.6 Å². The van der Waals surface area contributed by atoms with Crippen LogP contribution in [0.3, 0.4) is 0 Å². The maximum absolute atomic E-state index is 11.5. The average Bonchev–Trinajstić information content (AvgIpc) is 2.80. The lowest BCUT2D eigenvalue weighted by Crippen LogP contribution is -2.18. The molecular formula is C9H9FN3O5P. The van der Waals surface area contributed by atoms with E-state index in [0.29, 0.717) is 0 Å². The van der Waals surface area contributed by atoms with Crippen molar-refractivity contribution in [1.29, 1.82) is 0 Å². The van der Waals surface area contributed by atoms with Gasteiger partial charge >= 0.3 is 13.6 Å². The van der Waals surface area contributed by atoms with Crippen LogP contribution in [0.25, 0.3) is 0 Å². The zero-order valence-electron chi connectivity index (χ0n) is 9.26. The SMILES string of the molecule is Fc1ncc[nH]1.O=C(O)c1cccnc1P(=O)(O)O. The Morgan fingerprint density at radius 1 is 1.32 bits per heavy atom. The normalized spacial score (nSPS) is 10.5. The van der Waals surface area contributed by atoms with E-state index in [0.717, 1.165) is 12.3 Å². The van der Waals surface area contributed by atoms with Crippen molar-refractivity contribution in [3.8, 4) is 0 Å². The monoisotopic (exact) mass is 289 g/mol. The Morgan fingerprint density at radius 3 is 2.32 bits per heavy atom. The first-order valence-corrected chi connectivity index (χ1v) is 6.33. The standard InChI is InChI=1S/C6H6NO5P.C3H3FN2/c8-6(9)4-2-1-3-7-5(4)13(10,11)12;4-3-5-1-2-6-3/h1-3H,(H,8,9)(H2,10,11,12);1-2H,(H,5,6). The fourth-order valence-corrected chi connectivity index (χ4v) is 1.74. The van der Waals surface area contributed by atoms with E-state index in [1.165, 1.54) is 18.5 Å². The van der Waals surface area contributed by atoms with Gasteiger partial charge < -0.3 is 19.9 Å². The number of aromatic amines is 1. The average molecular weight is 289 g/mol. The number of carboxylic acid groups (broad SMARTS) is 1. The summed E-state index contributed by atoms with van der Waals surface area (Å²) < 4.78 is 22.2. The number of carboxylic acids is 1. The molecule has 102 valence electrons. The van der Waals surface area contributed by atoms with E-state index in [9.17, 15) is 13.8 Å². The molecule has 2 rings (SSSR count). The van der Waals surface area contributed by atoms with Gasteiger partial charge in [-0.3, -0.25) is 4.57 Å². The van der Waals surface area contributed by atoms with Crippen LogP contribution in [0, 0.1) is 6.08 Å². The number of pyridine rings is 1. The van der Waals surface area contributed by atoms with Crippen molar-refractivity contribution >= 4 is 19.0 Å². The predicted molar refractivity (Wildman–Crippen MR) is 61.4 cm³/mol. The molecule has 2 heterocycles. The van der Waals surface area contributed by atoms with Gasteiger partial charge in [0.05, 0.1) is 5.56 Å². The Hall–Kier alpha value is -2.09. The molecule has 2 aromatic heterocycles. The Labute approximate surface area is 106 Å². The van der Waals surface area contributed by atoms with Crippen molar-refractivity contribution in [3.63, 3.8) is 0 Å². The summed E-state index contributed by atoms with van der Waals surface area (Å²) in [6.45, 7) is 0. The van der Waals surface area contributed by atoms with Crippen LogP contribution in [-0.2, 0) is 4.57 Å². The smallest absolute Gasteiger partial charge is 0.375 e. The van der Waals surface area contributed by atoms with Gasteiger partial charge in [-0.05, 0) is 12.1 Å². The number of rotatable bonds is 2. The third-order valence-corrected chi connectivity index (χ3v) is 2.67. The summed E-state index contributed by atoms with van der Waals surface area (Å²) in [7, 11) is -4.60. The van der Waals surface area contributed by atoms with Gasteiger partial charge in [0, 0.05) is 18.6 Å². The summed E-state index contributed by atoms with van der Waals surface area (Å²) in [5.41, 5.74) is -1.18. The number of nitrogens with zero attached hydrogens (tertiary/aromatic N) is 2. The van der Waals surface area contributed by atoms with Crippen LogP contribution in [-0.4, -0.2) is 35.8 Å². The molecule has 0 aromatic carbocycles. The van der Waals surface area contributed by atoms with E-state index in [1.54, 1.807) is 0 Å². The number of hydrogen-bond acceptors (Lipinski definition) is 4. The topological polar surface area (TPSA) is 136 Å². The first-order chi connectivity index (χ1) is 8.82. The molecule has 0 aliphatic carbocycles. The quantitative estimate of drug-likeness (QED) is 0.577. The maximum Gasteiger partial charge on any atom is 0.375 e.